The third kappa shape index (κ3) is 3.74. The van der Waals surface area contributed by atoms with Crippen LogP contribution < -0.4 is 14.2 Å². The number of esters is 1. The minimum absolute atomic E-state index is 0.0410. The molecule has 0 aliphatic carbocycles. The van der Waals surface area contributed by atoms with E-state index in [1.165, 1.54) is 6.92 Å². The summed E-state index contributed by atoms with van der Waals surface area (Å²) in [6.45, 7) is 1.57. The van der Waals surface area contributed by atoms with Gasteiger partial charge >= 0.3 is 5.97 Å². The fourth-order valence-electron chi connectivity index (χ4n) is 2.43. The van der Waals surface area contributed by atoms with Crippen molar-refractivity contribution in [3.8, 4) is 17.2 Å². The molecule has 2 aromatic rings. The number of hydrogen-bond acceptors (Lipinski definition) is 6. The van der Waals surface area contributed by atoms with Gasteiger partial charge in [-0.3, -0.25) is 4.79 Å². The van der Waals surface area contributed by atoms with Gasteiger partial charge in [-0.25, -0.2) is 4.79 Å². The predicted octanol–water partition coefficient (Wildman–Crippen LogP) is 2.65. The molecule has 2 atom stereocenters. The Bertz CT molecular complexity index is 768. The number of para-hydroxylation sites is 2. The summed E-state index contributed by atoms with van der Waals surface area (Å²) in [6, 6.07) is 13.7. The lowest BCUT2D eigenvalue weighted by Crippen LogP contribution is -2.40. The van der Waals surface area contributed by atoms with Gasteiger partial charge in [0.2, 0.25) is 11.9 Å². The van der Waals surface area contributed by atoms with Gasteiger partial charge in [0.05, 0.1) is 7.11 Å². The van der Waals surface area contributed by atoms with Crippen molar-refractivity contribution in [1.29, 1.82) is 0 Å². The van der Waals surface area contributed by atoms with Gasteiger partial charge in [-0.05, 0) is 43.3 Å². The molecule has 0 aromatic heterocycles. The highest BCUT2D eigenvalue weighted by Crippen LogP contribution is 2.31. The third-order valence-corrected chi connectivity index (χ3v) is 3.81. The Morgan fingerprint density at radius 1 is 1.08 bits per heavy atom. The lowest BCUT2D eigenvalue weighted by atomic mass is 10.1. The number of ether oxygens (including phenoxy) is 4. The lowest BCUT2D eigenvalue weighted by molar-refractivity contribution is -0.157. The van der Waals surface area contributed by atoms with Crippen LogP contribution in [0, 0.1) is 0 Å². The highest BCUT2D eigenvalue weighted by atomic mass is 16.6. The SMILES string of the molecule is COc1ccc(C(=O)[C@@H](C)OC(=O)[C@@H]2COc3ccccc3O2)cc1. The molecule has 0 unspecified atom stereocenters. The Hall–Kier alpha value is -3.02. The molecule has 0 amide bonds. The molecule has 0 spiro atoms. The van der Waals surface area contributed by atoms with Crippen LogP contribution in [0.15, 0.2) is 48.5 Å². The first-order chi connectivity index (χ1) is 12.1. The largest absolute Gasteiger partial charge is 0.497 e. The van der Waals surface area contributed by atoms with E-state index < -0.39 is 18.2 Å². The van der Waals surface area contributed by atoms with Crippen molar-refractivity contribution in [2.45, 2.75) is 19.1 Å². The Kier molecular flexibility index (Phi) is 4.88. The molecule has 6 nitrogen and oxygen atoms in total. The number of ketones is 1. The number of rotatable bonds is 5. The van der Waals surface area contributed by atoms with Crippen LogP contribution in [0.3, 0.4) is 0 Å². The zero-order chi connectivity index (χ0) is 17.8. The average Bonchev–Trinajstić information content (AvgIpc) is 2.67. The predicted molar refractivity (Wildman–Crippen MR) is 89.2 cm³/mol. The maximum absolute atomic E-state index is 12.4. The first-order valence-corrected chi connectivity index (χ1v) is 7.85. The van der Waals surface area contributed by atoms with Gasteiger partial charge in [-0.2, -0.15) is 0 Å². The molecule has 2 aromatic carbocycles. The van der Waals surface area contributed by atoms with Crippen LogP contribution in [-0.4, -0.2) is 37.7 Å². The molecule has 25 heavy (non-hydrogen) atoms. The van der Waals surface area contributed by atoms with E-state index in [-0.39, 0.29) is 12.4 Å². The van der Waals surface area contributed by atoms with E-state index in [1.54, 1.807) is 49.6 Å². The van der Waals surface area contributed by atoms with Gasteiger partial charge in [-0.15, -0.1) is 0 Å². The van der Waals surface area contributed by atoms with E-state index in [1.807, 2.05) is 6.07 Å². The number of benzene rings is 2. The number of carbonyl (C=O) groups is 2. The Balaban J connectivity index is 1.61. The van der Waals surface area contributed by atoms with Crippen molar-refractivity contribution in [1.82, 2.24) is 0 Å². The van der Waals surface area contributed by atoms with Crippen LogP contribution in [0.5, 0.6) is 17.2 Å². The van der Waals surface area contributed by atoms with E-state index in [9.17, 15) is 9.59 Å². The second-order valence-corrected chi connectivity index (χ2v) is 5.54. The second-order valence-electron chi connectivity index (χ2n) is 5.54. The van der Waals surface area contributed by atoms with E-state index >= 15 is 0 Å². The van der Waals surface area contributed by atoms with Crippen LogP contribution in [-0.2, 0) is 9.53 Å². The normalized spacial score (nSPS) is 16.6. The number of fused-ring (bicyclic) bond motifs is 1. The van der Waals surface area contributed by atoms with E-state index in [4.69, 9.17) is 18.9 Å². The van der Waals surface area contributed by atoms with Crippen LogP contribution in [0.2, 0.25) is 0 Å². The number of methoxy groups -OCH3 is 1. The molecule has 0 radical (unpaired) electrons. The third-order valence-electron chi connectivity index (χ3n) is 3.81. The molecule has 1 heterocycles. The smallest absolute Gasteiger partial charge is 0.351 e. The number of carbonyl (C=O) groups excluding carboxylic acids is 2. The molecule has 1 aliphatic rings. The van der Waals surface area contributed by atoms with Crippen LogP contribution in [0.4, 0.5) is 0 Å². The molecule has 130 valence electrons. The maximum atomic E-state index is 12.4. The van der Waals surface area contributed by atoms with E-state index in [2.05, 4.69) is 0 Å². The highest BCUT2D eigenvalue weighted by Gasteiger charge is 2.31. The van der Waals surface area contributed by atoms with E-state index in [0.717, 1.165) is 0 Å². The summed E-state index contributed by atoms with van der Waals surface area (Å²) in [4.78, 5) is 24.6. The van der Waals surface area contributed by atoms with Gasteiger partial charge in [0, 0.05) is 5.56 Å². The fourth-order valence-corrected chi connectivity index (χ4v) is 2.43. The van der Waals surface area contributed by atoms with Gasteiger partial charge in [-0.1, -0.05) is 12.1 Å². The number of hydrogen-bond donors (Lipinski definition) is 0. The Morgan fingerprint density at radius 2 is 1.76 bits per heavy atom. The minimum atomic E-state index is -0.929. The quantitative estimate of drug-likeness (QED) is 0.614. The van der Waals surface area contributed by atoms with Gasteiger partial charge in [0.15, 0.2) is 17.6 Å². The molecule has 0 saturated heterocycles. The van der Waals surface area contributed by atoms with Crippen molar-refractivity contribution in [2.75, 3.05) is 13.7 Å². The summed E-state index contributed by atoms with van der Waals surface area (Å²) >= 11 is 0. The van der Waals surface area contributed by atoms with Gasteiger partial charge in [0.1, 0.15) is 12.4 Å². The van der Waals surface area contributed by atoms with Crippen LogP contribution in [0.25, 0.3) is 0 Å². The molecule has 0 fully saturated rings. The highest BCUT2D eigenvalue weighted by molar-refractivity contribution is 6.00. The fraction of sp³-hybridized carbons (Fsp3) is 0.263. The summed E-state index contributed by atoms with van der Waals surface area (Å²) < 4.78 is 21.4. The number of Topliss-reactive ketones (excluding diaryl/α,β-unsaturated/α-hetero) is 1. The lowest BCUT2D eigenvalue weighted by Gasteiger charge is -2.25. The summed E-state index contributed by atoms with van der Waals surface area (Å²) in [6.07, 6.45) is -1.83. The summed E-state index contributed by atoms with van der Waals surface area (Å²) in [5.74, 6) is 0.767. The van der Waals surface area contributed by atoms with E-state index in [0.29, 0.717) is 22.8 Å². The molecule has 3 rings (SSSR count). The maximum Gasteiger partial charge on any atom is 0.351 e. The summed E-state index contributed by atoms with van der Waals surface area (Å²) in [5.41, 5.74) is 0.437. The molecular weight excluding hydrogens is 324 g/mol. The molecule has 0 N–H and O–H groups in total. The van der Waals surface area contributed by atoms with Gasteiger partial charge in [0.25, 0.3) is 0 Å². The average molecular weight is 342 g/mol. The van der Waals surface area contributed by atoms with Gasteiger partial charge < -0.3 is 18.9 Å². The minimum Gasteiger partial charge on any atom is -0.497 e. The first-order valence-electron chi connectivity index (χ1n) is 7.85. The summed E-state index contributed by atoms with van der Waals surface area (Å²) in [5, 5.41) is 0. The van der Waals surface area contributed by atoms with Crippen molar-refractivity contribution >= 4 is 11.8 Å². The Labute approximate surface area is 145 Å². The molecule has 6 heteroatoms. The standard InChI is InChI=1S/C19H18O6/c1-12(18(20)13-7-9-14(22-2)10-8-13)24-19(21)17-11-23-15-5-3-4-6-16(15)25-17/h3-10,12,17H,11H2,1-2H3/t12-,17+/m1/s1. The van der Waals surface area contributed by atoms with Crippen molar-refractivity contribution in [3.63, 3.8) is 0 Å². The molecule has 0 bridgehead atoms. The zero-order valence-electron chi connectivity index (χ0n) is 13.9. The first kappa shape index (κ1) is 16.8. The molecule has 0 saturated carbocycles. The van der Waals surface area contributed by atoms with Crippen LogP contribution in [0.1, 0.15) is 17.3 Å². The Morgan fingerprint density at radius 3 is 2.44 bits per heavy atom. The zero-order valence-corrected chi connectivity index (χ0v) is 13.9. The molecule has 1 aliphatic heterocycles. The van der Waals surface area contributed by atoms with Crippen molar-refractivity contribution in [2.24, 2.45) is 0 Å². The van der Waals surface area contributed by atoms with Crippen molar-refractivity contribution in [3.05, 3.63) is 54.1 Å². The summed E-state index contributed by atoms with van der Waals surface area (Å²) in [7, 11) is 1.55. The monoisotopic (exact) mass is 342 g/mol. The topological polar surface area (TPSA) is 71.1 Å². The second kappa shape index (κ2) is 7.25. The van der Waals surface area contributed by atoms with Crippen molar-refractivity contribution < 1.29 is 28.5 Å². The van der Waals surface area contributed by atoms with Crippen LogP contribution >= 0.6 is 0 Å². The molecular formula is C19H18O6.